The Balaban J connectivity index is 2.27. The van der Waals surface area contributed by atoms with Crippen LogP contribution in [0.5, 0.6) is 0 Å². The molecule has 2 nitrogen and oxygen atoms in total. The fraction of sp³-hybridized carbons (Fsp3) is 1.00. The summed E-state index contributed by atoms with van der Waals surface area (Å²) in [5.74, 6) is 0. The second-order valence-corrected chi connectivity index (χ2v) is 4.54. The first-order chi connectivity index (χ1) is 6.20. The Morgan fingerprint density at radius 3 is 2.85 bits per heavy atom. The minimum Gasteiger partial charge on any atom is -0.328 e. The van der Waals surface area contributed by atoms with Crippen LogP contribution in [0.15, 0.2) is 0 Å². The lowest BCUT2D eigenvalue weighted by atomic mass is 10.0. The van der Waals surface area contributed by atoms with Crippen molar-refractivity contribution >= 4 is 0 Å². The van der Waals surface area contributed by atoms with Crippen molar-refractivity contribution in [2.45, 2.75) is 57.5 Å². The lowest BCUT2D eigenvalue weighted by molar-refractivity contribution is 0.228. The maximum atomic E-state index is 5.78. The molecule has 1 fully saturated rings. The number of rotatable bonds is 3. The summed E-state index contributed by atoms with van der Waals surface area (Å²) in [6.07, 6.45) is 8.05. The zero-order valence-electron chi connectivity index (χ0n) is 9.13. The van der Waals surface area contributed by atoms with Crippen molar-refractivity contribution in [3.63, 3.8) is 0 Å². The molecule has 2 N–H and O–H groups in total. The van der Waals surface area contributed by atoms with Crippen LogP contribution in [0.25, 0.3) is 0 Å². The molecule has 2 unspecified atom stereocenters. The van der Waals surface area contributed by atoms with Gasteiger partial charge in [-0.15, -0.1) is 0 Å². The van der Waals surface area contributed by atoms with Gasteiger partial charge in [-0.1, -0.05) is 12.8 Å². The van der Waals surface area contributed by atoms with Gasteiger partial charge in [-0.25, -0.2) is 0 Å². The van der Waals surface area contributed by atoms with Crippen molar-refractivity contribution in [3.05, 3.63) is 0 Å². The van der Waals surface area contributed by atoms with Gasteiger partial charge in [-0.3, -0.25) is 0 Å². The van der Waals surface area contributed by atoms with E-state index in [-0.39, 0.29) is 0 Å². The van der Waals surface area contributed by atoms with Crippen LogP contribution in [0.2, 0.25) is 0 Å². The summed E-state index contributed by atoms with van der Waals surface area (Å²) in [4.78, 5) is 2.52. The highest BCUT2D eigenvalue weighted by atomic mass is 15.1. The Hall–Kier alpha value is -0.0800. The lowest BCUT2D eigenvalue weighted by Gasteiger charge is -2.26. The molecule has 1 aliphatic heterocycles. The van der Waals surface area contributed by atoms with E-state index >= 15 is 0 Å². The highest BCUT2D eigenvalue weighted by Crippen LogP contribution is 2.19. The van der Waals surface area contributed by atoms with Gasteiger partial charge in [-0.05, 0) is 46.2 Å². The molecule has 0 aromatic rings. The summed E-state index contributed by atoms with van der Waals surface area (Å²) < 4.78 is 0. The van der Waals surface area contributed by atoms with Crippen molar-refractivity contribution in [2.75, 3.05) is 13.6 Å². The molecule has 0 aromatic carbocycles. The predicted molar refractivity (Wildman–Crippen MR) is 57.8 cm³/mol. The van der Waals surface area contributed by atoms with E-state index in [0.717, 1.165) is 6.04 Å². The summed E-state index contributed by atoms with van der Waals surface area (Å²) in [5, 5.41) is 0. The van der Waals surface area contributed by atoms with E-state index in [0.29, 0.717) is 6.04 Å². The van der Waals surface area contributed by atoms with Crippen LogP contribution < -0.4 is 5.73 Å². The summed E-state index contributed by atoms with van der Waals surface area (Å²) in [7, 11) is 2.26. The molecule has 0 radical (unpaired) electrons. The van der Waals surface area contributed by atoms with E-state index < -0.39 is 0 Å². The van der Waals surface area contributed by atoms with Crippen LogP contribution in [0.3, 0.4) is 0 Å². The molecule has 0 spiro atoms. The molecule has 0 bridgehead atoms. The second kappa shape index (κ2) is 5.61. The Bertz CT molecular complexity index is 134. The van der Waals surface area contributed by atoms with Crippen LogP contribution in [0.1, 0.15) is 45.4 Å². The van der Waals surface area contributed by atoms with Crippen molar-refractivity contribution in [1.29, 1.82) is 0 Å². The molecular weight excluding hydrogens is 160 g/mol. The topological polar surface area (TPSA) is 29.3 Å². The molecule has 1 aliphatic rings. The Morgan fingerprint density at radius 2 is 2.15 bits per heavy atom. The fourth-order valence-corrected chi connectivity index (χ4v) is 2.14. The molecule has 0 saturated carbocycles. The highest BCUT2D eigenvalue weighted by molar-refractivity contribution is 4.73. The standard InChI is InChI=1S/C11H24N2/c1-10(12)7-8-11-6-4-3-5-9-13(11)2/h10-11H,3-9,12H2,1-2H3. The van der Waals surface area contributed by atoms with Crippen molar-refractivity contribution < 1.29 is 0 Å². The van der Waals surface area contributed by atoms with Gasteiger partial charge >= 0.3 is 0 Å². The molecule has 1 rings (SSSR count). The van der Waals surface area contributed by atoms with E-state index in [9.17, 15) is 0 Å². The molecule has 1 heterocycles. The largest absolute Gasteiger partial charge is 0.328 e. The van der Waals surface area contributed by atoms with Gasteiger partial charge in [0.05, 0.1) is 0 Å². The summed E-state index contributed by atoms with van der Waals surface area (Å²) in [6, 6.07) is 1.17. The van der Waals surface area contributed by atoms with E-state index in [4.69, 9.17) is 5.73 Å². The third-order valence-corrected chi connectivity index (χ3v) is 3.13. The fourth-order valence-electron chi connectivity index (χ4n) is 2.14. The van der Waals surface area contributed by atoms with E-state index in [1.807, 2.05) is 0 Å². The van der Waals surface area contributed by atoms with Crippen LogP contribution >= 0.6 is 0 Å². The molecule has 0 amide bonds. The van der Waals surface area contributed by atoms with E-state index in [1.54, 1.807) is 0 Å². The van der Waals surface area contributed by atoms with Gasteiger partial charge in [-0.2, -0.15) is 0 Å². The zero-order chi connectivity index (χ0) is 9.68. The summed E-state index contributed by atoms with van der Waals surface area (Å²) >= 11 is 0. The predicted octanol–water partition coefficient (Wildman–Crippen LogP) is 1.99. The smallest absolute Gasteiger partial charge is 0.00927 e. The van der Waals surface area contributed by atoms with Gasteiger partial charge in [0.25, 0.3) is 0 Å². The Kier molecular flexibility index (Phi) is 4.74. The van der Waals surface area contributed by atoms with Crippen LogP contribution in [-0.4, -0.2) is 30.6 Å². The molecule has 0 aromatic heterocycles. The van der Waals surface area contributed by atoms with Gasteiger partial charge < -0.3 is 10.6 Å². The maximum absolute atomic E-state index is 5.78. The zero-order valence-corrected chi connectivity index (χ0v) is 9.13. The third kappa shape index (κ3) is 4.10. The Morgan fingerprint density at radius 1 is 1.38 bits per heavy atom. The van der Waals surface area contributed by atoms with Crippen LogP contribution in [0.4, 0.5) is 0 Å². The number of likely N-dealkylation sites (tertiary alicyclic amines) is 1. The molecule has 2 atom stereocenters. The average Bonchev–Trinajstić information content (AvgIpc) is 2.27. The average molecular weight is 184 g/mol. The normalized spacial score (nSPS) is 28.4. The van der Waals surface area contributed by atoms with Crippen LogP contribution in [-0.2, 0) is 0 Å². The molecule has 1 saturated heterocycles. The van der Waals surface area contributed by atoms with E-state index in [1.165, 1.54) is 45.1 Å². The highest BCUT2D eigenvalue weighted by Gasteiger charge is 2.17. The van der Waals surface area contributed by atoms with Gasteiger partial charge in [0, 0.05) is 12.1 Å². The quantitative estimate of drug-likeness (QED) is 0.727. The first-order valence-corrected chi connectivity index (χ1v) is 5.66. The van der Waals surface area contributed by atoms with Gasteiger partial charge in [0.1, 0.15) is 0 Å². The Labute approximate surface area is 82.5 Å². The van der Waals surface area contributed by atoms with Crippen LogP contribution in [0, 0.1) is 0 Å². The molecule has 13 heavy (non-hydrogen) atoms. The maximum Gasteiger partial charge on any atom is 0.00927 e. The number of nitrogens with two attached hydrogens (primary N) is 1. The number of hydrogen-bond donors (Lipinski definition) is 1. The first kappa shape index (κ1) is 11.0. The van der Waals surface area contributed by atoms with Crippen molar-refractivity contribution in [1.82, 2.24) is 4.90 Å². The monoisotopic (exact) mass is 184 g/mol. The second-order valence-electron chi connectivity index (χ2n) is 4.54. The summed E-state index contributed by atoms with van der Waals surface area (Å²) in [5.41, 5.74) is 5.78. The number of nitrogens with zero attached hydrogens (tertiary/aromatic N) is 1. The summed E-state index contributed by atoms with van der Waals surface area (Å²) in [6.45, 7) is 3.39. The van der Waals surface area contributed by atoms with Crippen molar-refractivity contribution in [3.8, 4) is 0 Å². The third-order valence-electron chi connectivity index (χ3n) is 3.13. The van der Waals surface area contributed by atoms with Gasteiger partial charge in [0.15, 0.2) is 0 Å². The molecular formula is C11H24N2. The SMILES string of the molecule is CC(N)CCC1CCCCCN1C. The van der Waals surface area contributed by atoms with Crippen molar-refractivity contribution in [2.24, 2.45) is 5.73 Å². The lowest BCUT2D eigenvalue weighted by Crippen LogP contribution is -2.32. The minimum absolute atomic E-state index is 0.372. The molecule has 0 aliphatic carbocycles. The van der Waals surface area contributed by atoms with Gasteiger partial charge in [0.2, 0.25) is 0 Å². The minimum atomic E-state index is 0.372. The van der Waals surface area contributed by atoms with E-state index in [2.05, 4.69) is 18.9 Å². The number of hydrogen-bond acceptors (Lipinski definition) is 2. The molecule has 2 heteroatoms. The molecule has 78 valence electrons. The first-order valence-electron chi connectivity index (χ1n) is 5.66.